The molecule has 0 aromatic carbocycles. The van der Waals surface area contributed by atoms with E-state index in [4.69, 9.17) is 4.84 Å². The average molecular weight is 188 g/mol. The number of nitrogens with one attached hydrogen (secondary N) is 2. The summed E-state index contributed by atoms with van der Waals surface area (Å²) in [5.41, 5.74) is 4.18. The third kappa shape index (κ3) is 6.54. The molecule has 0 spiro atoms. The van der Waals surface area contributed by atoms with E-state index in [9.17, 15) is 4.79 Å². The molecule has 0 aromatic heterocycles. The maximum Gasteiger partial charge on any atom is 0.241 e. The van der Waals surface area contributed by atoms with Gasteiger partial charge in [-0.05, 0) is 20.8 Å². The fourth-order valence-electron chi connectivity index (χ4n) is 0.412. The first kappa shape index (κ1) is 12.4. The van der Waals surface area contributed by atoms with Crippen LogP contribution in [0.25, 0.3) is 0 Å². The van der Waals surface area contributed by atoms with Gasteiger partial charge in [-0.3, -0.25) is 15.1 Å². The topological polar surface area (TPSA) is 50.4 Å². The zero-order chi connectivity index (χ0) is 10.7. The molecule has 0 radical (unpaired) electrons. The zero-order valence-corrected chi connectivity index (χ0v) is 9.32. The fourth-order valence-corrected chi connectivity index (χ4v) is 0.412. The molecule has 0 rings (SSSR count). The summed E-state index contributed by atoms with van der Waals surface area (Å²) < 4.78 is 0. The van der Waals surface area contributed by atoms with Crippen molar-refractivity contribution in [1.29, 1.82) is 0 Å². The summed E-state index contributed by atoms with van der Waals surface area (Å²) in [5.74, 6) is -0.100. The molecular weight excluding hydrogens is 168 g/mol. The summed E-state index contributed by atoms with van der Waals surface area (Å²) in [5, 5.41) is 0. The lowest BCUT2D eigenvalue weighted by molar-refractivity contribution is -0.142. The number of hydrogen-bond acceptors (Lipinski definition) is 3. The van der Waals surface area contributed by atoms with Crippen molar-refractivity contribution < 1.29 is 9.63 Å². The molecule has 0 atom stereocenters. The smallest absolute Gasteiger partial charge is 0.241 e. The van der Waals surface area contributed by atoms with E-state index >= 15 is 0 Å². The van der Waals surface area contributed by atoms with E-state index in [0.29, 0.717) is 0 Å². The van der Waals surface area contributed by atoms with E-state index in [0.717, 1.165) is 0 Å². The Bertz CT molecular complexity index is 177. The van der Waals surface area contributed by atoms with Gasteiger partial charge in [0.05, 0.1) is 5.60 Å². The van der Waals surface area contributed by atoms with Crippen LogP contribution >= 0.6 is 0 Å². The predicted octanol–water partition coefficient (Wildman–Crippen LogP) is 1.38. The van der Waals surface area contributed by atoms with Crippen molar-refractivity contribution in [2.45, 2.75) is 47.1 Å². The van der Waals surface area contributed by atoms with E-state index in [-0.39, 0.29) is 11.5 Å². The van der Waals surface area contributed by atoms with Crippen molar-refractivity contribution >= 4 is 5.91 Å². The average Bonchev–Trinajstić information content (AvgIpc) is 1.82. The van der Waals surface area contributed by atoms with Crippen LogP contribution in [-0.2, 0) is 9.63 Å². The summed E-state index contributed by atoms with van der Waals surface area (Å²) in [6.07, 6.45) is 0. The lowest BCUT2D eigenvalue weighted by atomic mass is 9.96. The van der Waals surface area contributed by atoms with Gasteiger partial charge in [0.25, 0.3) is 0 Å². The first-order valence-corrected chi connectivity index (χ1v) is 4.36. The number of carbonyl (C=O) groups excluding carboxylic acids is 1. The maximum absolute atomic E-state index is 11.3. The van der Waals surface area contributed by atoms with Crippen molar-refractivity contribution in [3.05, 3.63) is 0 Å². The van der Waals surface area contributed by atoms with Gasteiger partial charge in [-0.1, -0.05) is 20.8 Å². The van der Waals surface area contributed by atoms with Crippen molar-refractivity contribution in [2.24, 2.45) is 5.41 Å². The lowest BCUT2D eigenvalue weighted by Gasteiger charge is -2.22. The first-order valence-electron chi connectivity index (χ1n) is 4.36. The van der Waals surface area contributed by atoms with Crippen molar-refractivity contribution in [2.75, 3.05) is 0 Å². The summed E-state index contributed by atoms with van der Waals surface area (Å²) >= 11 is 0. The minimum absolute atomic E-state index is 0.100. The first-order chi connectivity index (χ1) is 5.63. The van der Waals surface area contributed by atoms with Gasteiger partial charge in [0.1, 0.15) is 0 Å². The summed E-state index contributed by atoms with van der Waals surface area (Å²) in [6, 6.07) is 0. The normalized spacial score (nSPS) is 12.8. The highest BCUT2D eigenvalue weighted by Crippen LogP contribution is 2.11. The number of amides is 1. The number of rotatable bonds is 2. The van der Waals surface area contributed by atoms with E-state index in [1.807, 2.05) is 41.5 Å². The van der Waals surface area contributed by atoms with E-state index in [2.05, 4.69) is 11.0 Å². The van der Waals surface area contributed by atoms with E-state index < -0.39 is 5.41 Å². The molecule has 0 heterocycles. The molecule has 13 heavy (non-hydrogen) atoms. The Balaban J connectivity index is 3.74. The molecule has 0 saturated carbocycles. The molecule has 0 fully saturated rings. The molecule has 78 valence electrons. The highest BCUT2D eigenvalue weighted by molar-refractivity contribution is 5.80. The molecule has 0 aromatic rings. The Morgan fingerprint density at radius 2 is 1.54 bits per heavy atom. The molecule has 1 amide bonds. The largest absolute Gasteiger partial charge is 0.277 e. The number of carbonyl (C=O) groups is 1. The number of hydrogen-bond donors (Lipinski definition) is 2. The third-order valence-electron chi connectivity index (χ3n) is 1.20. The highest BCUT2D eigenvalue weighted by atomic mass is 16.7. The second-order valence-corrected chi connectivity index (χ2v) is 5.02. The second kappa shape index (κ2) is 4.07. The molecule has 0 saturated heterocycles. The molecule has 4 nitrogen and oxygen atoms in total. The standard InChI is InChI=1S/C9H20N2O2/c1-8(2,3)7(12)10-11-13-9(4,5)6/h11H,1-6H3,(H,10,12). The molecule has 0 aliphatic rings. The van der Waals surface area contributed by atoms with Crippen LogP contribution in [0.3, 0.4) is 0 Å². The van der Waals surface area contributed by atoms with Crippen LogP contribution in [0.15, 0.2) is 0 Å². The number of hydrazine groups is 1. The van der Waals surface area contributed by atoms with Crippen LogP contribution < -0.4 is 11.0 Å². The molecular formula is C9H20N2O2. The van der Waals surface area contributed by atoms with Crippen LogP contribution in [0.5, 0.6) is 0 Å². The van der Waals surface area contributed by atoms with Crippen molar-refractivity contribution in [3.63, 3.8) is 0 Å². The predicted molar refractivity (Wildman–Crippen MR) is 51.6 cm³/mol. The van der Waals surface area contributed by atoms with Gasteiger partial charge >= 0.3 is 0 Å². The van der Waals surface area contributed by atoms with Crippen LogP contribution in [-0.4, -0.2) is 11.5 Å². The Labute approximate surface area is 80.0 Å². The summed E-state index contributed by atoms with van der Waals surface area (Å²) in [6.45, 7) is 11.2. The van der Waals surface area contributed by atoms with Gasteiger partial charge in [-0.2, -0.15) is 0 Å². The van der Waals surface area contributed by atoms with Crippen LogP contribution in [0.4, 0.5) is 0 Å². The van der Waals surface area contributed by atoms with Gasteiger partial charge in [0.15, 0.2) is 0 Å². The Morgan fingerprint density at radius 3 is 1.85 bits per heavy atom. The second-order valence-electron chi connectivity index (χ2n) is 5.02. The molecule has 4 heteroatoms. The zero-order valence-electron chi connectivity index (χ0n) is 9.32. The highest BCUT2D eigenvalue weighted by Gasteiger charge is 2.21. The van der Waals surface area contributed by atoms with Gasteiger partial charge < -0.3 is 0 Å². The molecule has 2 N–H and O–H groups in total. The quantitative estimate of drug-likeness (QED) is 0.644. The van der Waals surface area contributed by atoms with Gasteiger partial charge in [-0.25, -0.2) is 0 Å². The monoisotopic (exact) mass is 188 g/mol. The van der Waals surface area contributed by atoms with Crippen LogP contribution in [0.2, 0.25) is 0 Å². The Morgan fingerprint density at radius 1 is 1.08 bits per heavy atom. The lowest BCUT2D eigenvalue weighted by Crippen LogP contribution is -2.46. The minimum Gasteiger partial charge on any atom is -0.277 e. The fraction of sp³-hybridized carbons (Fsp3) is 0.889. The van der Waals surface area contributed by atoms with Crippen molar-refractivity contribution in [3.8, 4) is 0 Å². The SMILES string of the molecule is CC(C)(C)ONNC(=O)C(C)(C)C. The van der Waals surface area contributed by atoms with E-state index in [1.54, 1.807) is 0 Å². The van der Waals surface area contributed by atoms with Crippen LogP contribution in [0.1, 0.15) is 41.5 Å². The molecule has 0 bridgehead atoms. The van der Waals surface area contributed by atoms with Crippen molar-refractivity contribution in [1.82, 2.24) is 11.0 Å². The molecule has 0 unspecified atom stereocenters. The van der Waals surface area contributed by atoms with Gasteiger partial charge in [0.2, 0.25) is 5.91 Å². The summed E-state index contributed by atoms with van der Waals surface area (Å²) in [4.78, 5) is 16.4. The van der Waals surface area contributed by atoms with Crippen LogP contribution in [0, 0.1) is 5.41 Å². The summed E-state index contributed by atoms with van der Waals surface area (Å²) in [7, 11) is 0. The van der Waals surface area contributed by atoms with Gasteiger partial charge in [-0.15, -0.1) is 5.59 Å². The third-order valence-corrected chi connectivity index (χ3v) is 1.20. The molecule has 0 aliphatic carbocycles. The maximum atomic E-state index is 11.3. The molecule has 0 aliphatic heterocycles. The Hall–Kier alpha value is -0.610. The minimum atomic E-state index is -0.408. The van der Waals surface area contributed by atoms with E-state index in [1.165, 1.54) is 0 Å². The van der Waals surface area contributed by atoms with Gasteiger partial charge in [0, 0.05) is 5.41 Å². The Kier molecular flexibility index (Phi) is 3.88.